The maximum Gasteiger partial charge on any atom is 0.239 e. The second-order valence-electron chi connectivity index (χ2n) is 5.07. The molecular weight excluding hydrogens is 350 g/mol. The number of fused-ring (bicyclic) bond motifs is 1. The molecule has 0 bridgehead atoms. The number of methoxy groups -OCH3 is 1. The lowest BCUT2D eigenvalue weighted by atomic mass is 10.0. The van der Waals surface area contributed by atoms with E-state index in [9.17, 15) is 13.7 Å². The van der Waals surface area contributed by atoms with Crippen LogP contribution in [0.15, 0.2) is 41.4 Å². The van der Waals surface area contributed by atoms with Gasteiger partial charge in [0.05, 0.1) is 23.2 Å². The number of nitrogens with zero attached hydrogens (tertiary/aromatic N) is 1. The van der Waals surface area contributed by atoms with Crippen molar-refractivity contribution in [2.24, 2.45) is 5.14 Å². The zero-order chi connectivity index (χ0) is 17.5. The Bertz CT molecular complexity index is 1100. The number of halogens is 1. The summed E-state index contributed by atoms with van der Waals surface area (Å²) in [6.45, 7) is 0. The molecule has 0 aliphatic carbocycles. The third kappa shape index (κ3) is 2.61. The van der Waals surface area contributed by atoms with Crippen LogP contribution in [-0.2, 0) is 10.0 Å². The fourth-order valence-corrected chi connectivity index (χ4v) is 3.76. The first-order valence-electron chi connectivity index (χ1n) is 6.77. The van der Waals surface area contributed by atoms with E-state index in [4.69, 9.17) is 21.5 Å². The molecule has 2 aromatic carbocycles. The van der Waals surface area contributed by atoms with E-state index in [1.54, 1.807) is 30.5 Å². The van der Waals surface area contributed by atoms with Gasteiger partial charge < -0.3 is 9.72 Å². The molecular formula is C16H12ClN3O3S. The Hall–Kier alpha value is -2.53. The lowest BCUT2D eigenvalue weighted by molar-refractivity contribution is 0.415. The number of sulfonamides is 1. The minimum Gasteiger partial charge on any atom is -0.497 e. The molecule has 0 saturated carbocycles. The van der Waals surface area contributed by atoms with Gasteiger partial charge >= 0.3 is 0 Å². The summed E-state index contributed by atoms with van der Waals surface area (Å²) in [4.78, 5) is 2.79. The lowest BCUT2D eigenvalue weighted by Gasteiger charge is -2.12. The Balaban J connectivity index is 2.48. The normalized spacial score (nSPS) is 11.4. The summed E-state index contributed by atoms with van der Waals surface area (Å²) in [5, 5.41) is 15.7. The molecule has 3 N–H and O–H groups in total. The zero-order valence-corrected chi connectivity index (χ0v) is 14.1. The van der Waals surface area contributed by atoms with E-state index < -0.39 is 10.0 Å². The Labute approximate surface area is 143 Å². The Kier molecular flexibility index (Phi) is 3.97. The van der Waals surface area contributed by atoms with Gasteiger partial charge in [0.2, 0.25) is 10.0 Å². The first-order valence-corrected chi connectivity index (χ1v) is 8.70. The topological polar surface area (TPSA) is 109 Å². The summed E-state index contributed by atoms with van der Waals surface area (Å²) in [5.74, 6) is 0.502. The molecule has 0 aliphatic rings. The van der Waals surface area contributed by atoms with Crippen LogP contribution in [0.1, 0.15) is 5.56 Å². The van der Waals surface area contributed by atoms with Crippen LogP contribution in [0, 0.1) is 11.3 Å². The van der Waals surface area contributed by atoms with Crippen LogP contribution in [0.3, 0.4) is 0 Å². The number of nitrogens with one attached hydrogen (secondary N) is 1. The zero-order valence-electron chi connectivity index (χ0n) is 12.5. The molecule has 0 saturated heterocycles. The van der Waals surface area contributed by atoms with Gasteiger partial charge in [-0.1, -0.05) is 23.7 Å². The fourth-order valence-electron chi connectivity index (χ4n) is 2.65. The smallest absolute Gasteiger partial charge is 0.239 e. The second kappa shape index (κ2) is 5.83. The van der Waals surface area contributed by atoms with Gasteiger partial charge in [-0.05, 0) is 18.2 Å². The molecule has 0 atom stereocenters. The van der Waals surface area contributed by atoms with Crippen molar-refractivity contribution in [3.05, 3.63) is 47.1 Å². The predicted octanol–water partition coefficient (Wildman–Crippen LogP) is 3.02. The molecule has 1 aromatic heterocycles. The summed E-state index contributed by atoms with van der Waals surface area (Å²) < 4.78 is 29.4. The van der Waals surface area contributed by atoms with E-state index in [1.807, 2.05) is 6.07 Å². The Morgan fingerprint density at radius 1 is 1.29 bits per heavy atom. The van der Waals surface area contributed by atoms with Gasteiger partial charge in [0, 0.05) is 22.7 Å². The van der Waals surface area contributed by atoms with Crippen LogP contribution in [-0.4, -0.2) is 20.5 Å². The molecule has 0 radical (unpaired) electrons. The summed E-state index contributed by atoms with van der Waals surface area (Å²) in [6, 6.07) is 9.86. The third-order valence-corrected chi connectivity index (χ3v) is 4.98. The van der Waals surface area contributed by atoms with E-state index in [1.165, 1.54) is 13.2 Å². The van der Waals surface area contributed by atoms with Crippen LogP contribution < -0.4 is 9.88 Å². The summed E-state index contributed by atoms with van der Waals surface area (Å²) in [7, 11) is -2.62. The number of H-pyrrole nitrogens is 1. The average molecular weight is 362 g/mol. The molecule has 0 spiro atoms. The molecule has 3 rings (SSSR count). The van der Waals surface area contributed by atoms with Gasteiger partial charge in [-0.15, -0.1) is 0 Å². The standard InChI is InChI=1S/C16H12ClN3O3S/c1-23-10-5-12(15-13(6-10)14(17)8-20-15)11-4-2-3-9(7-18)16(11)24(19,21)22/h2-6,8,20H,1H3,(H2,19,21,22). The van der Waals surface area contributed by atoms with Crippen molar-refractivity contribution in [1.82, 2.24) is 4.98 Å². The highest BCUT2D eigenvalue weighted by Crippen LogP contribution is 2.38. The molecule has 24 heavy (non-hydrogen) atoms. The molecule has 1 heterocycles. The highest BCUT2D eigenvalue weighted by atomic mass is 35.5. The van der Waals surface area contributed by atoms with E-state index >= 15 is 0 Å². The number of hydrogen-bond acceptors (Lipinski definition) is 4. The monoisotopic (exact) mass is 361 g/mol. The number of nitriles is 1. The summed E-state index contributed by atoms with van der Waals surface area (Å²) in [5.41, 5.74) is 1.43. The summed E-state index contributed by atoms with van der Waals surface area (Å²) >= 11 is 6.17. The van der Waals surface area contributed by atoms with Crippen molar-refractivity contribution < 1.29 is 13.2 Å². The number of ether oxygens (including phenoxy) is 1. The van der Waals surface area contributed by atoms with E-state index in [0.717, 1.165) is 0 Å². The highest BCUT2D eigenvalue weighted by Gasteiger charge is 2.22. The van der Waals surface area contributed by atoms with Crippen LogP contribution in [0.25, 0.3) is 22.0 Å². The number of benzene rings is 2. The predicted molar refractivity (Wildman–Crippen MR) is 91.4 cm³/mol. The Morgan fingerprint density at radius 3 is 2.67 bits per heavy atom. The number of nitrogens with two attached hydrogens (primary N) is 1. The molecule has 0 aliphatic heterocycles. The molecule has 3 aromatic rings. The van der Waals surface area contributed by atoms with E-state index in [-0.39, 0.29) is 10.5 Å². The largest absolute Gasteiger partial charge is 0.497 e. The minimum atomic E-state index is -4.12. The van der Waals surface area contributed by atoms with Gasteiger partial charge in [-0.3, -0.25) is 0 Å². The SMILES string of the molecule is COc1cc(-c2cccc(C#N)c2S(N)(=O)=O)c2[nH]cc(Cl)c2c1. The molecule has 0 amide bonds. The minimum absolute atomic E-state index is 0.0244. The first-order chi connectivity index (χ1) is 11.4. The van der Waals surface area contributed by atoms with Crippen LogP contribution in [0.5, 0.6) is 5.75 Å². The number of hydrogen-bond donors (Lipinski definition) is 2. The van der Waals surface area contributed by atoms with Crippen molar-refractivity contribution in [3.8, 4) is 22.9 Å². The maximum absolute atomic E-state index is 12.1. The molecule has 0 fully saturated rings. The third-order valence-electron chi connectivity index (χ3n) is 3.66. The van der Waals surface area contributed by atoms with E-state index in [2.05, 4.69) is 4.98 Å². The van der Waals surface area contributed by atoms with Crippen LogP contribution in [0.4, 0.5) is 0 Å². The molecule has 0 unspecified atom stereocenters. The lowest BCUT2D eigenvalue weighted by Crippen LogP contribution is -2.15. The van der Waals surface area contributed by atoms with Crippen LogP contribution in [0.2, 0.25) is 5.02 Å². The van der Waals surface area contributed by atoms with Gasteiger partial charge in [-0.25, -0.2) is 13.6 Å². The van der Waals surface area contributed by atoms with Crippen LogP contribution >= 0.6 is 11.6 Å². The van der Waals surface area contributed by atoms with E-state index in [0.29, 0.717) is 32.8 Å². The quantitative estimate of drug-likeness (QED) is 0.747. The molecule has 122 valence electrons. The van der Waals surface area contributed by atoms with Crippen molar-refractivity contribution >= 4 is 32.5 Å². The van der Waals surface area contributed by atoms with Gasteiger partial charge in [0.1, 0.15) is 16.7 Å². The number of rotatable bonds is 3. The maximum atomic E-state index is 12.1. The summed E-state index contributed by atoms with van der Waals surface area (Å²) in [6.07, 6.45) is 1.60. The van der Waals surface area contributed by atoms with Crippen molar-refractivity contribution in [2.75, 3.05) is 7.11 Å². The average Bonchev–Trinajstić information content (AvgIpc) is 2.93. The molecule has 6 nitrogen and oxygen atoms in total. The van der Waals surface area contributed by atoms with Crippen molar-refractivity contribution in [1.29, 1.82) is 5.26 Å². The van der Waals surface area contributed by atoms with Gasteiger partial charge in [-0.2, -0.15) is 5.26 Å². The Morgan fingerprint density at radius 2 is 2.04 bits per heavy atom. The number of aromatic amines is 1. The fraction of sp³-hybridized carbons (Fsp3) is 0.0625. The van der Waals surface area contributed by atoms with Crippen molar-refractivity contribution in [3.63, 3.8) is 0 Å². The van der Waals surface area contributed by atoms with Gasteiger partial charge in [0.15, 0.2) is 0 Å². The van der Waals surface area contributed by atoms with Gasteiger partial charge in [0.25, 0.3) is 0 Å². The highest BCUT2D eigenvalue weighted by molar-refractivity contribution is 7.89. The second-order valence-corrected chi connectivity index (χ2v) is 6.98. The van der Waals surface area contributed by atoms with Crippen molar-refractivity contribution in [2.45, 2.75) is 4.90 Å². The molecule has 8 heteroatoms. The number of primary sulfonamides is 1. The first kappa shape index (κ1) is 16.3. The number of aromatic nitrogens is 1.